The fourth-order valence-corrected chi connectivity index (χ4v) is 10.3. The van der Waals surface area contributed by atoms with Crippen molar-refractivity contribution in [2.24, 2.45) is 17.6 Å². The van der Waals surface area contributed by atoms with Crippen LogP contribution in [-0.2, 0) is 14.3 Å². The largest absolute Gasteiger partial charge is 0.453 e. The number of likely N-dealkylation sites (tertiary alicyclic amines) is 2. The van der Waals surface area contributed by atoms with Crippen molar-refractivity contribution >= 4 is 28.9 Å². The van der Waals surface area contributed by atoms with Crippen molar-refractivity contribution in [3.63, 3.8) is 0 Å². The molecule has 0 radical (unpaired) electrons. The molecule has 12 heteroatoms. The normalized spacial score (nSPS) is 22.1. The Bertz CT molecular complexity index is 2400. The van der Waals surface area contributed by atoms with Gasteiger partial charge in [0.1, 0.15) is 17.7 Å². The quantitative estimate of drug-likeness (QED) is 0.110. The number of ether oxygens (including phenoxy) is 1. The second kappa shape index (κ2) is 15.6. The van der Waals surface area contributed by atoms with Crippen molar-refractivity contribution in [1.29, 1.82) is 0 Å². The number of H-pyrrole nitrogens is 2. The molecule has 2 aliphatic carbocycles. The second-order valence-corrected chi connectivity index (χ2v) is 17.8. The second-order valence-electron chi connectivity index (χ2n) is 17.8. The molecule has 3 fully saturated rings. The third-order valence-electron chi connectivity index (χ3n) is 13.5. The predicted octanol–water partition coefficient (Wildman–Crippen LogP) is 8.34. The fraction of sp³-hybridized carbons (Fsp3) is 0.468. The Balaban J connectivity index is 0.966. The summed E-state index contributed by atoms with van der Waals surface area (Å²) in [6.45, 7) is 9.15. The molecule has 4 heterocycles. The van der Waals surface area contributed by atoms with Crippen LogP contribution in [0.4, 0.5) is 4.79 Å². The summed E-state index contributed by atoms with van der Waals surface area (Å²) in [5, 5.41) is 2.74. The first-order valence-corrected chi connectivity index (χ1v) is 21.5. The molecule has 308 valence electrons. The monoisotopic (exact) mass is 796 g/mol. The summed E-state index contributed by atoms with van der Waals surface area (Å²) in [5.41, 5.74) is 18.0. The summed E-state index contributed by atoms with van der Waals surface area (Å²) in [5.74, 6) is 2.57. The third-order valence-corrected chi connectivity index (χ3v) is 13.5. The van der Waals surface area contributed by atoms with Crippen LogP contribution in [-0.4, -0.2) is 79.9 Å². The average Bonchev–Trinajstić information content (AvgIpc) is 4.11. The first kappa shape index (κ1) is 39.0. The number of carbonyl (C=O) groups excluding carboxylic acids is 3. The Morgan fingerprint density at radius 2 is 1.37 bits per heavy atom. The van der Waals surface area contributed by atoms with Crippen molar-refractivity contribution in [2.75, 3.05) is 20.2 Å². The zero-order valence-corrected chi connectivity index (χ0v) is 34.8. The van der Waals surface area contributed by atoms with E-state index in [1.54, 1.807) is 0 Å². The summed E-state index contributed by atoms with van der Waals surface area (Å²) in [6.07, 6.45) is 8.39. The Morgan fingerprint density at radius 1 is 0.763 bits per heavy atom. The van der Waals surface area contributed by atoms with Crippen molar-refractivity contribution in [1.82, 2.24) is 35.1 Å². The molecule has 2 bridgehead atoms. The van der Waals surface area contributed by atoms with E-state index < -0.39 is 18.2 Å². The number of amides is 3. The first-order valence-electron chi connectivity index (χ1n) is 21.5. The lowest BCUT2D eigenvalue weighted by atomic mass is 9.81. The number of aromatic nitrogens is 4. The molecule has 6 atom stereocenters. The average molecular weight is 797 g/mol. The van der Waals surface area contributed by atoms with Gasteiger partial charge in [-0.25, -0.2) is 14.8 Å². The maximum absolute atomic E-state index is 13.8. The highest BCUT2D eigenvalue weighted by Gasteiger charge is 2.41. The standard InChI is InChI=1S/C47H56N8O4/c1-25(2)41(48)45(56)54-20-6-8-37(54)43-49-24-36(52-43)28-12-10-27(11-13-28)32-17-18-33(40-31-15-14-30(22-31)39(32)40)29-16-19-34-35(23-29)51-44(50-34)38-9-7-21-55(38)46(57)42(26(3)4)53-47(58)59-5/h10-13,16-19,23-26,30-31,37-38,41-42H,6-9,14-15,20-22,48H2,1-5H3,(H,49,52)(H,50,51)(H,53,58)/t30-,31+,37+,38+,41+,42+/m1/s1. The Labute approximate surface area is 345 Å². The molecular formula is C47H56N8O4. The van der Waals surface area contributed by atoms with E-state index in [-0.39, 0.29) is 35.7 Å². The number of nitrogens with zero attached hydrogens (tertiary/aromatic N) is 4. The smallest absolute Gasteiger partial charge is 0.407 e. The van der Waals surface area contributed by atoms with E-state index in [0.29, 0.717) is 24.9 Å². The molecule has 12 nitrogen and oxygen atoms in total. The lowest BCUT2D eigenvalue weighted by Crippen LogP contribution is -2.51. The molecule has 5 N–H and O–H groups in total. The third kappa shape index (κ3) is 6.98. The van der Waals surface area contributed by atoms with Crippen LogP contribution in [0.15, 0.2) is 60.8 Å². The zero-order chi connectivity index (χ0) is 41.1. The van der Waals surface area contributed by atoms with Crippen LogP contribution in [0, 0.1) is 11.8 Å². The van der Waals surface area contributed by atoms with E-state index in [9.17, 15) is 14.4 Å². The lowest BCUT2D eigenvalue weighted by molar-refractivity contribution is -0.136. The molecule has 2 saturated heterocycles. The van der Waals surface area contributed by atoms with Crippen LogP contribution >= 0.6 is 0 Å². The minimum Gasteiger partial charge on any atom is -0.453 e. The van der Waals surface area contributed by atoms with Gasteiger partial charge >= 0.3 is 6.09 Å². The lowest BCUT2D eigenvalue weighted by Gasteiger charge is -2.29. The van der Waals surface area contributed by atoms with Gasteiger partial charge in [0, 0.05) is 13.1 Å². The Morgan fingerprint density at radius 3 is 2.02 bits per heavy atom. The maximum Gasteiger partial charge on any atom is 0.407 e. The van der Waals surface area contributed by atoms with Gasteiger partial charge in [-0.1, -0.05) is 70.2 Å². The van der Waals surface area contributed by atoms with Crippen LogP contribution in [0.2, 0.25) is 0 Å². The number of methoxy groups -OCH3 is 1. The highest BCUT2D eigenvalue weighted by Crippen LogP contribution is 2.58. The summed E-state index contributed by atoms with van der Waals surface area (Å²) >= 11 is 0. The Kier molecular flexibility index (Phi) is 10.3. The number of rotatable bonds is 10. The molecule has 1 saturated carbocycles. The molecule has 3 amide bonds. The number of carbonyl (C=O) groups is 3. The minimum absolute atomic E-state index is 0.00161. The van der Waals surface area contributed by atoms with Crippen LogP contribution in [0.1, 0.15) is 119 Å². The van der Waals surface area contributed by atoms with E-state index in [1.807, 2.05) is 43.7 Å². The Hall–Kier alpha value is -5.49. The number of nitrogens with two attached hydrogens (primary N) is 1. The van der Waals surface area contributed by atoms with Crippen LogP contribution in [0.5, 0.6) is 0 Å². The van der Waals surface area contributed by atoms with Gasteiger partial charge in [0.25, 0.3) is 0 Å². The number of benzene rings is 3. The number of fused-ring (bicyclic) bond motifs is 6. The van der Waals surface area contributed by atoms with Gasteiger partial charge in [-0.15, -0.1) is 0 Å². The first-order chi connectivity index (χ1) is 28.5. The van der Waals surface area contributed by atoms with E-state index >= 15 is 0 Å². The SMILES string of the molecule is COC(=O)N[C@H](C(=O)N1CCC[C@H]1c1nc2cc(-c3ccc(-c4ccc(-c5cnc([C@@H]6CCCN6C(=O)[C@@H](N)C(C)C)[nH]5)cc4)c4c3[C@H]3CC[C@@H]4C3)ccc2[nH]1)C(C)C. The van der Waals surface area contributed by atoms with Gasteiger partial charge in [0.05, 0.1) is 48.2 Å². The number of nitrogens with one attached hydrogen (secondary N) is 3. The molecular weight excluding hydrogens is 741 g/mol. The molecule has 3 aromatic carbocycles. The summed E-state index contributed by atoms with van der Waals surface area (Å²) in [7, 11) is 1.31. The molecule has 0 spiro atoms. The maximum atomic E-state index is 13.8. The summed E-state index contributed by atoms with van der Waals surface area (Å²) < 4.78 is 4.81. The van der Waals surface area contributed by atoms with Crippen molar-refractivity contribution in [3.05, 3.63) is 83.6 Å². The topological polar surface area (TPSA) is 162 Å². The highest BCUT2D eigenvalue weighted by molar-refractivity contribution is 5.88. The number of aromatic amines is 2. The van der Waals surface area contributed by atoms with Gasteiger partial charge in [0.15, 0.2) is 0 Å². The molecule has 2 aromatic heterocycles. The van der Waals surface area contributed by atoms with E-state index in [0.717, 1.165) is 65.2 Å². The summed E-state index contributed by atoms with van der Waals surface area (Å²) in [4.78, 5) is 59.7. The van der Waals surface area contributed by atoms with E-state index in [2.05, 4.69) is 69.9 Å². The van der Waals surface area contributed by atoms with Crippen LogP contribution in [0.25, 0.3) is 44.5 Å². The molecule has 59 heavy (non-hydrogen) atoms. The van der Waals surface area contributed by atoms with Crippen molar-refractivity contribution in [3.8, 4) is 33.5 Å². The number of imidazole rings is 2. The van der Waals surface area contributed by atoms with E-state index in [4.69, 9.17) is 20.4 Å². The molecule has 5 aromatic rings. The van der Waals surface area contributed by atoms with Crippen molar-refractivity contribution < 1.29 is 19.1 Å². The van der Waals surface area contributed by atoms with Gasteiger partial charge in [0.2, 0.25) is 11.8 Å². The molecule has 0 unspecified atom stereocenters. The number of alkyl carbamates (subject to hydrolysis) is 1. The van der Waals surface area contributed by atoms with Gasteiger partial charge in [-0.2, -0.15) is 0 Å². The van der Waals surface area contributed by atoms with Gasteiger partial charge in [-0.05, 0) is 120 Å². The molecule has 9 rings (SSSR count). The van der Waals surface area contributed by atoms with Crippen LogP contribution in [0.3, 0.4) is 0 Å². The summed E-state index contributed by atoms with van der Waals surface area (Å²) in [6, 6.07) is 18.5. The fourth-order valence-electron chi connectivity index (χ4n) is 10.3. The predicted molar refractivity (Wildman–Crippen MR) is 228 cm³/mol. The van der Waals surface area contributed by atoms with E-state index in [1.165, 1.54) is 54.2 Å². The number of hydrogen-bond acceptors (Lipinski definition) is 7. The molecule has 4 aliphatic rings. The zero-order valence-electron chi connectivity index (χ0n) is 34.8. The minimum atomic E-state index is -0.677. The van der Waals surface area contributed by atoms with Crippen molar-refractivity contribution in [2.45, 2.75) is 109 Å². The number of hydrogen-bond donors (Lipinski definition) is 4. The van der Waals surface area contributed by atoms with Crippen LogP contribution < -0.4 is 11.1 Å². The van der Waals surface area contributed by atoms with Gasteiger partial charge in [-0.3, -0.25) is 9.59 Å². The van der Waals surface area contributed by atoms with Gasteiger partial charge < -0.3 is 35.6 Å². The highest BCUT2D eigenvalue weighted by atomic mass is 16.5. The molecule has 2 aliphatic heterocycles.